The molecule has 0 unspecified atom stereocenters. The predicted molar refractivity (Wildman–Crippen MR) is 65.5 cm³/mol. The van der Waals surface area contributed by atoms with Gasteiger partial charge < -0.3 is 0 Å². The molecule has 0 aliphatic carbocycles. The molecule has 0 aromatic carbocycles. The lowest BCUT2D eigenvalue weighted by molar-refractivity contribution is 0.740. The van der Waals surface area contributed by atoms with Crippen LogP contribution < -0.4 is 0 Å². The van der Waals surface area contributed by atoms with Gasteiger partial charge in [0, 0.05) is 12.1 Å². The SMILES string of the molecule is CC(C)c1nc(C(C)C)c2ncccc2n1. The molecule has 0 fully saturated rings. The Labute approximate surface area is 96.0 Å². The predicted octanol–water partition coefficient (Wildman–Crippen LogP) is 3.27. The Balaban J connectivity index is 2.74. The van der Waals surface area contributed by atoms with Gasteiger partial charge in [0.25, 0.3) is 0 Å². The van der Waals surface area contributed by atoms with Crippen molar-refractivity contribution in [3.05, 3.63) is 29.8 Å². The lowest BCUT2D eigenvalue weighted by Gasteiger charge is -2.11. The average molecular weight is 215 g/mol. The van der Waals surface area contributed by atoms with Gasteiger partial charge in [-0.3, -0.25) is 4.98 Å². The zero-order chi connectivity index (χ0) is 11.7. The molecule has 0 saturated heterocycles. The third-order valence-corrected chi connectivity index (χ3v) is 2.56. The largest absolute Gasteiger partial charge is 0.253 e. The summed E-state index contributed by atoms with van der Waals surface area (Å²) in [5, 5.41) is 0. The maximum atomic E-state index is 4.63. The minimum Gasteiger partial charge on any atom is -0.253 e. The summed E-state index contributed by atoms with van der Waals surface area (Å²) in [6.45, 7) is 8.50. The molecule has 0 spiro atoms. The van der Waals surface area contributed by atoms with Crippen molar-refractivity contribution in [1.82, 2.24) is 15.0 Å². The highest BCUT2D eigenvalue weighted by Crippen LogP contribution is 2.22. The molecule has 16 heavy (non-hydrogen) atoms. The molecule has 2 rings (SSSR count). The monoisotopic (exact) mass is 215 g/mol. The highest BCUT2D eigenvalue weighted by atomic mass is 14.9. The van der Waals surface area contributed by atoms with Crippen molar-refractivity contribution in [3.63, 3.8) is 0 Å². The second-order valence-electron chi connectivity index (χ2n) is 4.65. The van der Waals surface area contributed by atoms with Gasteiger partial charge in [-0.2, -0.15) is 0 Å². The van der Waals surface area contributed by atoms with Crippen LogP contribution in [0.2, 0.25) is 0 Å². The van der Waals surface area contributed by atoms with Crippen molar-refractivity contribution in [2.24, 2.45) is 0 Å². The third-order valence-electron chi connectivity index (χ3n) is 2.56. The van der Waals surface area contributed by atoms with Gasteiger partial charge in [0.1, 0.15) is 11.3 Å². The van der Waals surface area contributed by atoms with E-state index in [2.05, 4.69) is 42.6 Å². The van der Waals surface area contributed by atoms with E-state index in [9.17, 15) is 0 Å². The summed E-state index contributed by atoms with van der Waals surface area (Å²) in [6.07, 6.45) is 1.80. The summed E-state index contributed by atoms with van der Waals surface area (Å²) in [4.78, 5) is 13.5. The van der Waals surface area contributed by atoms with Gasteiger partial charge in [0.2, 0.25) is 0 Å². The van der Waals surface area contributed by atoms with Crippen LogP contribution in [0.1, 0.15) is 51.0 Å². The van der Waals surface area contributed by atoms with Crippen LogP contribution >= 0.6 is 0 Å². The second-order valence-corrected chi connectivity index (χ2v) is 4.65. The molecular weight excluding hydrogens is 198 g/mol. The smallest absolute Gasteiger partial charge is 0.131 e. The Kier molecular flexibility index (Phi) is 2.86. The van der Waals surface area contributed by atoms with Crippen molar-refractivity contribution < 1.29 is 0 Å². The summed E-state index contributed by atoms with van der Waals surface area (Å²) < 4.78 is 0. The molecule has 0 aliphatic heterocycles. The molecule has 0 bridgehead atoms. The Morgan fingerprint density at radius 2 is 1.75 bits per heavy atom. The highest BCUT2D eigenvalue weighted by molar-refractivity contribution is 5.76. The highest BCUT2D eigenvalue weighted by Gasteiger charge is 2.13. The minimum atomic E-state index is 0.349. The van der Waals surface area contributed by atoms with Gasteiger partial charge in [0.15, 0.2) is 0 Å². The molecule has 0 N–H and O–H groups in total. The maximum Gasteiger partial charge on any atom is 0.131 e. The van der Waals surface area contributed by atoms with E-state index in [4.69, 9.17) is 0 Å². The van der Waals surface area contributed by atoms with Crippen LogP contribution in [0, 0.1) is 0 Å². The van der Waals surface area contributed by atoms with Gasteiger partial charge in [-0.1, -0.05) is 27.7 Å². The first-order valence-electron chi connectivity index (χ1n) is 5.72. The van der Waals surface area contributed by atoms with Crippen LogP contribution in [0.4, 0.5) is 0 Å². The first kappa shape index (κ1) is 11.0. The van der Waals surface area contributed by atoms with Crippen LogP contribution in [-0.4, -0.2) is 15.0 Å². The van der Waals surface area contributed by atoms with Crippen molar-refractivity contribution in [1.29, 1.82) is 0 Å². The quantitative estimate of drug-likeness (QED) is 0.771. The van der Waals surface area contributed by atoms with Crippen LogP contribution in [0.3, 0.4) is 0 Å². The maximum absolute atomic E-state index is 4.63. The van der Waals surface area contributed by atoms with Crippen LogP contribution in [0.15, 0.2) is 18.3 Å². The number of nitrogens with zero attached hydrogens (tertiary/aromatic N) is 3. The lowest BCUT2D eigenvalue weighted by Crippen LogP contribution is -2.05. The molecule has 0 aliphatic rings. The normalized spacial score (nSPS) is 11.6. The number of hydrogen-bond donors (Lipinski definition) is 0. The topological polar surface area (TPSA) is 38.7 Å². The van der Waals surface area contributed by atoms with E-state index in [0.717, 1.165) is 22.6 Å². The van der Waals surface area contributed by atoms with Gasteiger partial charge in [-0.25, -0.2) is 9.97 Å². The van der Waals surface area contributed by atoms with Crippen molar-refractivity contribution >= 4 is 11.0 Å². The molecular formula is C13H17N3. The number of hydrogen-bond acceptors (Lipinski definition) is 3. The first-order chi connectivity index (χ1) is 7.59. The molecule has 0 amide bonds. The van der Waals surface area contributed by atoms with E-state index >= 15 is 0 Å². The van der Waals surface area contributed by atoms with Gasteiger partial charge in [-0.05, 0) is 18.1 Å². The fourth-order valence-corrected chi connectivity index (χ4v) is 1.67. The number of rotatable bonds is 2. The number of pyridine rings is 1. The molecule has 0 radical (unpaired) electrons. The van der Waals surface area contributed by atoms with E-state index in [1.54, 1.807) is 6.20 Å². The molecule has 0 atom stereocenters. The second kappa shape index (κ2) is 4.16. The molecule has 3 nitrogen and oxygen atoms in total. The van der Waals surface area contributed by atoms with Crippen LogP contribution in [0.25, 0.3) is 11.0 Å². The molecule has 0 saturated carbocycles. The Morgan fingerprint density at radius 1 is 1.00 bits per heavy atom. The summed E-state index contributed by atoms with van der Waals surface area (Å²) in [6, 6.07) is 3.92. The Hall–Kier alpha value is -1.51. The number of aromatic nitrogens is 3. The zero-order valence-electron chi connectivity index (χ0n) is 10.2. The van der Waals surface area contributed by atoms with Crippen LogP contribution in [0.5, 0.6) is 0 Å². The fraction of sp³-hybridized carbons (Fsp3) is 0.462. The zero-order valence-corrected chi connectivity index (χ0v) is 10.2. The Morgan fingerprint density at radius 3 is 2.38 bits per heavy atom. The fourth-order valence-electron chi connectivity index (χ4n) is 1.67. The summed E-state index contributed by atoms with van der Waals surface area (Å²) in [5.41, 5.74) is 2.93. The van der Waals surface area contributed by atoms with Crippen LogP contribution in [-0.2, 0) is 0 Å². The molecule has 2 aromatic rings. The van der Waals surface area contributed by atoms with Gasteiger partial charge >= 0.3 is 0 Å². The van der Waals surface area contributed by atoms with Crippen molar-refractivity contribution in [2.45, 2.75) is 39.5 Å². The Bertz CT molecular complexity index is 504. The van der Waals surface area contributed by atoms with Gasteiger partial charge in [0.05, 0.1) is 11.2 Å². The average Bonchev–Trinajstić information content (AvgIpc) is 2.27. The van der Waals surface area contributed by atoms with E-state index in [-0.39, 0.29) is 0 Å². The lowest BCUT2D eigenvalue weighted by atomic mass is 10.1. The standard InChI is InChI=1S/C13H17N3/c1-8(2)11-12-10(6-5-7-14-12)15-13(16-11)9(3)4/h5-9H,1-4H3. The molecule has 2 aromatic heterocycles. The van der Waals surface area contributed by atoms with Gasteiger partial charge in [-0.15, -0.1) is 0 Å². The van der Waals surface area contributed by atoms with Crippen molar-refractivity contribution in [3.8, 4) is 0 Å². The summed E-state index contributed by atoms with van der Waals surface area (Å²) in [5.74, 6) is 1.63. The van der Waals surface area contributed by atoms with E-state index in [0.29, 0.717) is 11.8 Å². The molecule has 2 heterocycles. The minimum absolute atomic E-state index is 0.349. The molecule has 84 valence electrons. The third kappa shape index (κ3) is 1.90. The van der Waals surface area contributed by atoms with E-state index in [1.807, 2.05) is 12.1 Å². The van der Waals surface area contributed by atoms with E-state index in [1.165, 1.54) is 0 Å². The summed E-state index contributed by atoms with van der Waals surface area (Å²) >= 11 is 0. The summed E-state index contributed by atoms with van der Waals surface area (Å²) in [7, 11) is 0. The first-order valence-corrected chi connectivity index (χ1v) is 5.72. The number of fused-ring (bicyclic) bond motifs is 1. The van der Waals surface area contributed by atoms with E-state index < -0.39 is 0 Å². The molecule has 3 heteroatoms. The van der Waals surface area contributed by atoms with Crippen molar-refractivity contribution in [2.75, 3.05) is 0 Å².